The number of thiocarbonyl (C=S) groups is 1. The first-order chi connectivity index (χ1) is 8.09. The van der Waals surface area contributed by atoms with Gasteiger partial charge in [0.1, 0.15) is 12.1 Å². The largest absolute Gasteiger partial charge is 0.372 e. The number of nitrogens with one attached hydrogen (secondary N) is 2. The van der Waals surface area contributed by atoms with Gasteiger partial charge in [-0.15, -0.1) is 0 Å². The summed E-state index contributed by atoms with van der Waals surface area (Å²) in [4.78, 5) is 23.6. The zero-order valence-corrected chi connectivity index (χ0v) is 9.53. The lowest BCUT2D eigenvalue weighted by atomic mass is 9.94. The summed E-state index contributed by atoms with van der Waals surface area (Å²) in [6.45, 7) is 0. The van der Waals surface area contributed by atoms with Crippen LogP contribution in [0.1, 0.15) is 10.4 Å². The predicted molar refractivity (Wildman–Crippen MR) is 64.1 cm³/mol. The first-order valence-corrected chi connectivity index (χ1v) is 5.39. The molecule has 0 aromatic heterocycles. The molecule has 1 aromatic carbocycles. The lowest BCUT2D eigenvalue weighted by Gasteiger charge is -2.28. The van der Waals surface area contributed by atoms with Crippen molar-refractivity contribution in [2.24, 2.45) is 5.92 Å². The second-order valence-corrected chi connectivity index (χ2v) is 4.02. The van der Waals surface area contributed by atoms with Gasteiger partial charge >= 0.3 is 0 Å². The number of amides is 1. The Kier molecular flexibility index (Phi) is 3.16. The fourth-order valence-corrected chi connectivity index (χ4v) is 1.85. The Labute approximate surface area is 103 Å². The molecule has 1 heterocycles. The first kappa shape index (κ1) is 11.7. The van der Waals surface area contributed by atoms with Crippen molar-refractivity contribution in [3.8, 4) is 0 Å². The van der Waals surface area contributed by atoms with Gasteiger partial charge in [0.2, 0.25) is 5.91 Å². The smallest absolute Gasteiger partial charge is 0.241 e. The van der Waals surface area contributed by atoms with Crippen LogP contribution in [0.25, 0.3) is 0 Å². The van der Waals surface area contributed by atoms with Gasteiger partial charge in [-0.1, -0.05) is 30.3 Å². The lowest BCUT2D eigenvalue weighted by Crippen LogP contribution is -2.60. The number of carbonyl (C=O) groups is 2. The third kappa shape index (κ3) is 2.32. The Balaban J connectivity index is 2.25. The van der Waals surface area contributed by atoms with Crippen LogP contribution < -0.4 is 10.6 Å². The van der Waals surface area contributed by atoms with E-state index in [4.69, 9.17) is 12.2 Å². The highest BCUT2D eigenvalue weighted by Crippen LogP contribution is 2.14. The minimum absolute atomic E-state index is 0.0274. The lowest BCUT2D eigenvalue weighted by molar-refractivity contribution is -0.126. The fourth-order valence-electron chi connectivity index (χ4n) is 1.63. The van der Waals surface area contributed by atoms with Crippen molar-refractivity contribution in [2.75, 3.05) is 0 Å². The van der Waals surface area contributed by atoms with Crippen LogP contribution in [0.3, 0.4) is 0 Å². The van der Waals surface area contributed by atoms with Crippen molar-refractivity contribution < 1.29 is 14.7 Å². The Hall–Kier alpha value is -1.79. The Morgan fingerprint density at radius 2 is 1.94 bits per heavy atom. The predicted octanol–water partition coefficient (Wildman–Crippen LogP) is -0.192. The molecule has 1 aromatic rings. The molecule has 17 heavy (non-hydrogen) atoms. The van der Waals surface area contributed by atoms with Crippen LogP contribution >= 0.6 is 12.2 Å². The van der Waals surface area contributed by atoms with Crippen LogP contribution in [0.2, 0.25) is 0 Å². The quantitative estimate of drug-likeness (QED) is 0.385. The van der Waals surface area contributed by atoms with E-state index in [1.807, 2.05) is 0 Å². The van der Waals surface area contributed by atoms with E-state index in [9.17, 15) is 14.7 Å². The summed E-state index contributed by atoms with van der Waals surface area (Å²) in [5, 5.41) is 14.4. The van der Waals surface area contributed by atoms with Gasteiger partial charge in [-0.05, 0) is 12.2 Å². The third-order valence-corrected chi connectivity index (χ3v) is 2.67. The highest BCUT2D eigenvalue weighted by atomic mass is 32.1. The molecular weight excluding hydrogens is 240 g/mol. The normalized spacial score (nSPS) is 23.8. The molecule has 1 amide bonds. The maximum absolute atomic E-state index is 12.0. The number of hydrogen-bond donors (Lipinski definition) is 3. The van der Waals surface area contributed by atoms with Gasteiger partial charge in [0.15, 0.2) is 10.9 Å². The Morgan fingerprint density at radius 3 is 2.53 bits per heavy atom. The number of Topliss-reactive ketones (excluding diaryl/α,β-unsaturated/α-hetero) is 1. The number of hydrogen-bond acceptors (Lipinski definition) is 4. The average molecular weight is 250 g/mol. The highest BCUT2D eigenvalue weighted by Gasteiger charge is 2.38. The summed E-state index contributed by atoms with van der Waals surface area (Å²) in [5.41, 5.74) is 0.376. The van der Waals surface area contributed by atoms with Crippen LogP contribution in [0.5, 0.6) is 0 Å². The van der Waals surface area contributed by atoms with E-state index in [0.29, 0.717) is 5.56 Å². The van der Waals surface area contributed by atoms with Crippen molar-refractivity contribution in [1.29, 1.82) is 0 Å². The molecule has 3 N–H and O–H groups in total. The number of aliphatic hydroxyl groups excluding tert-OH is 1. The molecule has 1 saturated heterocycles. The molecule has 2 unspecified atom stereocenters. The molecule has 88 valence electrons. The molecule has 2 atom stereocenters. The highest BCUT2D eigenvalue weighted by molar-refractivity contribution is 7.80. The number of ketones is 1. The molecule has 2 rings (SSSR count). The molecule has 1 fully saturated rings. The van der Waals surface area contributed by atoms with Gasteiger partial charge in [0.25, 0.3) is 0 Å². The molecule has 5 nitrogen and oxygen atoms in total. The number of benzene rings is 1. The van der Waals surface area contributed by atoms with Crippen LogP contribution in [0, 0.1) is 5.92 Å². The molecule has 0 radical (unpaired) electrons. The summed E-state index contributed by atoms with van der Waals surface area (Å²) >= 11 is 4.70. The van der Waals surface area contributed by atoms with E-state index in [0.717, 1.165) is 0 Å². The van der Waals surface area contributed by atoms with Gasteiger partial charge in [0.05, 0.1) is 0 Å². The molecule has 6 heteroatoms. The monoisotopic (exact) mass is 250 g/mol. The van der Waals surface area contributed by atoms with Crippen molar-refractivity contribution in [3.63, 3.8) is 0 Å². The molecule has 1 aliphatic rings. The van der Waals surface area contributed by atoms with E-state index < -0.39 is 23.8 Å². The summed E-state index contributed by atoms with van der Waals surface area (Å²) < 4.78 is 0. The maximum atomic E-state index is 12.0. The fraction of sp³-hybridized carbons (Fsp3) is 0.182. The van der Waals surface area contributed by atoms with E-state index in [1.54, 1.807) is 30.3 Å². The van der Waals surface area contributed by atoms with Crippen molar-refractivity contribution in [2.45, 2.75) is 6.23 Å². The average Bonchev–Trinajstić information content (AvgIpc) is 2.28. The van der Waals surface area contributed by atoms with E-state index in [1.165, 1.54) is 0 Å². The second-order valence-electron chi connectivity index (χ2n) is 3.62. The molecule has 0 spiro atoms. The SMILES string of the molecule is O=C1NC(=S)NC(O)C1C(=O)c1ccccc1. The summed E-state index contributed by atoms with van der Waals surface area (Å²) in [6.07, 6.45) is -1.29. The van der Waals surface area contributed by atoms with Gasteiger partial charge in [-0.3, -0.25) is 9.59 Å². The molecule has 1 aliphatic heterocycles. The zero-order valence-electron chi connectivity index (χ0n) is 8.71. The van der Waals surface area contributed by atoms with Crippen LogP contribution in [0.4, 0.5) is 0 Å². The van der Waals surface area contributed by atoms with Gasteiger partial charge in [0, 0.05) is 5.56 Å². The van der Waals surface area contributed by atoms with Crippen LogP contribution in [0.15, 0.2) is 30.3 Å². The minimum Gasteiger partial charge on any atom is -0.372 e. The Morgan fingerprint density at radius 1 is 1.29 bits per heavy atom. The van der Waals surface area contributed by atoms with Crippen molar-refractivity contribution in [1.82, 2.24) is 10.6 Å². The molecular formula is C11H10N2O3S. The standard InChI is InChI=1S/C11H10N2O3S/c14-8(6-4-2-1-3-5-6)7-9(15)12-11(17)13-10(7)16/h1-5,7,9,15H,(H2,12,13,16,17). The summed E-state index contributed by atoms with van der Waals surface area (Å²) in [7, 11) is 0. The second kappa shape index (κ2) is 4.60. The number of carbonyl (C=O) groups excluding carboxylic acids is 2. The summed E-state index contributed by atoms with van der Waals surface area (Å²) in [5.74, 6) is -2.20. The molecule has 0 aliphatic carbocycles. The third-order valence-electron chi connectivity index (χ3n) is 2.45. The van der Waals surface area contributed by atoms with E-state index >= 15 is 0 Å². The number of rotatable bonds is 2. The van der Waals surface area contributed by atoms with Gasteiger partial charge in [-0.2, -0.15) is 0 Å². The minimum atomic E-state index is -1.29. The first-order valence-electron chi connectivity index (χ1n) is 4.98. The van der Waals surface area contributed by atoms with Crippen LogP contribution in [-0.4, -0.2) is 28.1 Å². The van der Waals surface area contributed by atoms with Crippen molar-refractivity contribution in [3.05, 3.63) is 35.9 Å². The molecule has 0 bridgehead atoms. The zero-order chi connectivity index (χ0) is 12.4. The summed E-state index contributed by atoms with van der Waals surface area (Å²) in [6, 6.07) is 8.34. The topological polar surface area (TPSA) is 78.4 Å². The maximum Gasteiger partial charge on any atom is 0.241 e. The van der Waals surface area contributed by atoms with E-state index in [-0.39, 0.29) is 5.11 Å². The van der Waals surface area contributed by atoms with E-state index in [2.05, 4.69) is 10.6 Å². The van der Waals surface area contributed by atoms with Crippen molar-refractivity contribution >= 4 is 29.0 Å². The number of aliphatic hydroxyl groups is 1. The van der Waals surface area contributed by atoms with Gasteiger partial charge < -0.3 is 15.7 Å². The van der Waals surface area contributed by atoms with Crippen LogP contribution in [-0.2, 0) is 4.79 Å². The Bertz CT molecular complexity index is 475. The van der Waals surface area contributed by atoms with Gasteiger partial charge in [-0.25, -0.2) is 0 Å². The molecule has 0 saturated carbocycles.